The highest BCUT2D eigenvalue weighted by atomic mass is 32.1. The molecule has 0 saturated carbocycles. The number of aryl methyl sites for hydroxylation is 1. The molecule has 8 nitrogen and oxygen atoms in total. The van der Waals surface area contributed by atoms with Crippen LogP contribution in [0.3, 0.4) is 0 Å². The van der Waals surface area contributed by atoms with E-state index in [2.05, 4.69) is 17.0 Å². The molecule has 0 atom stereocenters. The van der Waals surface area contributed by atoms with Crippen LogP contribution in [-0.4, -0.2) is 35.0 Å². The SMILES string of the molecule is CCCCCn1nc(C(=O)OCc2csc(-c3ccc(OC)c(OC)c3)n2)c2ccccc2c1=O. The van der Waals surface area contributed by atoms with Crippen molar-refractivity contribution in [1.29, 1.82) is 0 Å². The number of aromatic nitrogens is 3. The highest BCUT2D eigenvalue weighted by Crippen LogP contribution is 2.33. The number of methoxy groups -OCH3 is 2. The Bertz CT molecular complexity index is 1400. The zero-order valence-corrected chi connectivity index (χ0v) is 20.8. The van der Waals surface area contributed by atoms with Gasteiger partial charge in [-0.25, -0.2) is 14.5 Å². The summed E-state index contributed by atoms with van der Waals surface area (Å²) in [6, 6.07) is 12.6. The van der Waals surface area contributed by atoms with Gasteiger partial charge in [0.25, 0.3) is 5.56 Å². The first-order valence-electron chi connectivity index (χ1n) is 11.4. The van der Waals surface area contributed by atoms with E-state index >= 15 is 0 Å². The molecule has 0 bridgehead atoms. The van der Waals surface area contributed by atoms with Crippen LogP contribution in [0.25, 0.3) is 21.3 Å². The van der Waals surface area contributed by atoms with Gasteiger partial charge in [-0.1, -0.05) is 38.0 Å². The van der Waals surface area contributed by atoms with E-state index in [-0.39, 0.29) is 17.9 Å². The van der Waals surface area contributed by atoms with Crippen molar-refractivity contribution in [2.45, 2.75) is 39.3 Å². The summed E-state index contributed by atoms with van der Waals surface area (Å²) in [5, 5.41) is 7.91. The topological polar surface area (TPSA) is 92.5 Å². The monoisotopic (exact) mass is 493 g/mol. The minimum absolute atomic E-state index is 0.00636. The lowest BCUT2D eigenvalue weighted by atomic mass is 10.1. The summed E-state index contributed by atoms with van der Waals surface area (Å²) in [4.78, 5) is 30.4. The Balaban J connectivity index is 1.53. The van der Waals surface area contributed by atoms with E-state index in [1.807, 2.05) is 23.6 Å². The molecule has 35 heavy (non-hydrogen) atoms. The Morgan fingerprint density at radius 1 is 1.03 bits per heavy atom. The van der Waals surface area contributed by atoms with Crippen LogP contribution in [0.15, 0.2) is 52.6 Å². The van der Waals surface area contributed by atoms with Crippen molar-refractivity contribution in [3.05, 3.63) is 69.6 Å². The van der Waals surface area contributed by atoms with Crippen LogP contribution in [-0.2, 0) is 17.9 Å². The molecule has 4 rings (SSSR count). The largest absolute Gasteiger partial charge is 0.493 e. The van der Waals surface area contributed by atoms with Gasteiger partial charge in [0.15, 0.2) is 17.2 Å². The van der Waals surface area contributed by atoms with Crippen LogP contribution >= 0.6 is 11.3 Å². The molecule has 0 aliphatic heterocycles. The van der Waals surface area contributed by atoms with E-state index < -0.39 is 5.97 Å². The molecule has 0 amide bonds. The Morgan fingerprint density at radius 3 is 2.54 bits per heavy atom. The summed E-state index contributed by atoms with van der Waals surface area (Å²) in [5.74, 6) is 0.656. The second-order valence-corrected chi connectivity index (χ2v) is 8.78. The molecule has 0 spiro atoms. The average Bonchev–Trinajstić information content (AvgIpc) is 3.37. The first-order valence-corrected chi connectivity index (χ1v) is 12.3. The molecule has 0 aliphatic carbocycles. The Kier molecular flexibility index (Phi) is 7.77. The van der Waals surface area contributed by atoms with E-state index in [9.17, 15) is 9.59 Å². The molecular weight excluding hydrogens is 466 g/mol. The second-order valence-electron chi connectivity index (χ2n) is 7.92. The lowest BCUT2D eigenvalue weighted by Crippen LogP contribution is -2.26. The molecule has 2 heterocycles. The first kappa shape index (κ1) is 24.4. The molecular formula is C26H27N3O5S. The van der Waals surface area contributed by atoms with Crippen LogP contribution in [0.5, 0.6) is 11.5 Å². The molecule has 182 valence electrons. The van der Waals surface area contributed by atoms with Crippen LogP contribution in [0.1, 0.15) is 42.4 Å². The molecule has 0 aliphatic rings. The number of esters is 1. The molecule has 0 fully saturated rings. The van der Waals surface area contributed by atoms with Crippen LogP contribution in [0.2, 0.25) is 0 Å². The fourth-order valence-electron chi connectivity index (χ4n) is 3.73. The first-order chi connectivity index (χ1) is 17.0. The Morgan fingerprint density at radius 2 is 1.80 bits per heavy atom. The third-order valence-corrected chi connectivity index (χ3v) is 6.51. The van der Waals surface area contributed by atoms with E-state index in [0.717, 1.165) is 29.8 Å². The maximum Gasteiger partial charge on any atom is 0.359 e. The minimum atomic E-state index is -0.592. The predicted octanol–water partition coefficient (Wildman–Crippen LogP) is 5.08. The highest BCUT2D eigenvalue weighted by molar-refractivity contribution is 7.13. The molecule has 4 aromatic rings. The van der Waals surface area contributed by atoms with E-state index in [4.69, 9.17) is 14.2 Å². The summed E-state index contributed by atoms with van der Waals surface area (Å²) < 4.78 is 17.6. The number of unbranched alkanes of at least 4 members (excludes halogenated alkanes) is 2. The van der Waals surface area contributed by atoms with E-state index in [0.29, 0.717) is 34.5 Å². The Hall–Kier alpha value is -3.72. The fourth-order valence-corrected chi connectivity index (χ4v) is 4.53. The normalized spacial score (nSPS) is 10.9. The number of rotatable bonds is 10. The van der Waals surface area contributed by atoms with Crippen molar-refractivity contribution in [3.63, 3.8) is 0 Å². The summed E-state index contributed by atoms with van der Waals surface area (Å²) in [6.07, 6.45) is 2.82. The molecule has 2 aromatic carbocycles. The third kappa shape index (κ3) is 5.35. The van der Waals surface area contributed by atoms with Gasteiger partial charge in [-0.3, -0.25) is 4.79 Å². The minimum Gasteiger partial charge on any atom is -0.493 e. The van der Waals surface area contributed by atoms with Gasteiger partial charge in [-0.2, -0.15) is 5.10 Å². The number of carbonyl (C=O) groups excluding carboxylic acids is 1. The quantitative estimate of drug-likeness (QED) is 0.225. The number of carbonyl (C=O) groups is 1. The zero-order valence-electron chi connectivity index (χ0n) is 19.9. The number of fused-ring (bicyclic) bond motifs is 1. The van der Waals surface area contributed by atoms with E-state index in [1.54, 1.807) is 38.5 Å². The van der Waals surface area contributed by atoms with Gasteiger partial charge < -0.3 is 14.2 Å². The third-order valence-electron chi connectivity index (χ3n) is 5.57. The zero-order chi connectivity index (χ0) is 24.8. The van der Waals surface area contributed by atoms with Crippen LogP contribution in [0.4, 0.5) is 0 Å². The number of benzene rings is 2. The lowest BCUT2D eigenvalue weighted by Gasteiger charge is -2.10. The van der Waals surface area contributed by atoms with Crippen molar-refractivity contribution in [3.8, 4) is 22.1 Å². The Labute approximate surface area is 207 Å². The summed E-state index contributed by atoms with van der Waals surface area (Å²) in [7, 11) is 3.17. The van der Waals surface area contributed by atoms with Crippen molar-refractivity contribution in [1.82, 2.24) is 14.8 Å². The van der Waals surface area contributed by atoms with E-state index in [1.165, 1.54) is 16.0 Å². The fraction of sp³-hybridized carbons (Fsp3) is 0.308. The van der Waals surface area contributed by atoms with Crippen molar-refractivity contribution >= 4 is 28.1 Å². The lowest BCUT2D eigenvalue weighted by molar-refractivity contribution is 0.0461. The number of ether oxygens (including phenoxy) is 3. The number of nitrogens with zero attached hydrogens (tertiary/aromatic N) is 3. The van der Waals surface area contributed by atoms with Gasteiger partial charge in [-0.05, 0) is 30.7 Å². The average molecular weight is 494 g/mol. The summed E-state index contributed by atoms with van der Waals surface area (Å²) in [6.45, 7) is 2.54. The highest BCUT2D eigenvalue weighted by Gasteiger charge is 2.19. The molecule has 0 N–H and O–H groups in total. The smallest absolute Gasteiger partial charge is 0.359 e. The number of hydrogen-bond donors (Lipinski definition) is 0. The molecule has 0 unspecified atom stereocenters. The van der Waals surface area contributed by atoms with Gasteiger partial charge in [-0.15, -0.1) is 11.3 Å². The van der Waals surface area contributed by atoms with Crippen LogP contribution in [0, 0.1) is 0 Å². The summed E-state index contributed by atoms with van der Waals surface area (Å²) >= 11 is 1.44. The van der Waals surface area contributed by atoms with Gasteiger partial charge >= 0.3 is 5.97 Å². The maximum absolute atomic E-state index is 13.0. The standard InChI is InChI=1S/C26H27N3O5S/c1-4-5-8-13-29-25(30)20-10-7-6-9-19(20)23(28-29)26(31)34-15-18-16-35-24(27-18)17-11-12-21(32-2)22(14-17)33-3/h6-7,9-12,14,16H,4-5,8,13,15H2,1-3H3. The second kappa shape index (κ2) is 11.1. The number of thiazole rings is 1. The molecule has 0 saturated heterocycles. The number of hydrogen-bond acceptors (Lipinski definition) is 8. The molecule has 2 aromatic heterocycles. The van der Waals surface area contributed by atoms with Gasteiger partial charge in [0.1, 0.15) is 11.6 Å². The van der Waals surface area contributed by atoms with Gasteiger partial charge in [0, 0.05) is 22.9 Å². The van der Waals surface area contributed by atoms with Crippen LogP contribution < -0.4 is 15.0 Å². The maximum atomic E-state index is 13.0. The predicted molar refractivity (Wildman–Crippen MR) is 135 cm³/mol. The summed E-state index contributed by atoms with van der Waals surface area (Å²) in [5.41, 5.74) is 1.42. The van der Waals surface area contributed by atoms with Crippen molar-refractivity contribution < 1.29 is 19.0 Å². The van der Waals surface area contributed by atoms with Gasteiger partial charge in [0.05, 0.1) is 25.3 Å². The van der Waals surface area contributed by atoms with Crippen molar-refractivity contribution in [2.24, 2.45) is 0 Å². The van der Waals surface area contributed by atoms with Gasteiger partial charge in [0.2, 0.25) is 0 Å². The molecule has 0 radical (unpaired) electrons. The molecule has 9 heteroatoms. The van der Waals surface area contributed by atoms with Crippen molar-refractivity contribution in [2.75, 3.05) is 14.2 Å².